The summed E-state index contributed by atoms with van der Waals surface area (Å²) in [6.07, 6.45) is 1.80. The molecular weight excluding hydrogens is 216 g/mol. The van der Waals surface area contributed by atoms with E-state index in [-0.39, 0.29) is 24.7 Å². The summed E-state index contributed by atoms with van der Waals surface area (Å²) in [5.74, 6) is -1.24. The molecule has 0 unspecified atom stereocenters. The van der Waals surface area contributed by atoms with E-state index in [9.17, 15) is 9.59 Å². The number of thiazole rings is 1. The highest BCUT2D eigenvalue weighted by Gasteiger charge is 2.13. The van der Waals surface area contributed by atoms with E-state index in [1.807, 2.05) is 0 Å². The second-order valence-electron chi connectivity index (χ2n) is 3.29. The fourth-order valence-corrected chi connectivity index (χ4v) is 1.69. The molecule has 1 heterocycles. The summed E-state index contributed by atoms with van der Waals surface area (Å²) in [5.41, 5.74) is 0. The number of carbonyl (C=O) groups is 2. The lowest BCUT2D eigenvalue weighted by Crippen LogP contribution is -2.16. The van der Waals surface area contributed by atoms with Gasteiger partial charge in [0.1, 0.15) is 0 Å². The molecule has 1 rings (SSSR count). The van der Waals surface area contributed by atoms with Gasteiger partial charge in [-0.3, -0.25) is 9.59 Å². The maximum atomic E-state index is 11.4. The zero-order valence-electron chi connectivity index (χ0n) is 8.27. The third-order valence-corrected chi connectivity index (χ3v) is 2.42. The standard InChI is InChI=1S/C9H12N2O3S/c1-6(5-8(13)14)4-7(12)11-9-10-2-3-15-9/h2-3,6H,4-5H2,1H3,(H,13,14)(H,10,11,12)/t6-/m1/s1. The minimum absolute atomic E-state index is 0.00525. The first-order chi connectivity index (χ1) is 7.08. The van der Waals surface area contributed by atoms with Gasteiger partial charge in [0, 0.05) is 24.4 Å². The third kappa shape index (κ3) is 4.55. The first-order valence-electron chi connectivity index (χ1n) is 4.49. The summed E-state index contributed by atoms with van der Waals surface area (Å²) in [4.78, 5) is 25.6. The Kier molecular flexibility index (Phi) is 4.23. The van der Waals surface area contributed by atoms with Gasteiger partial charge in [0.2, 0.25) is 5.91 Å². The molecule has 82 valence electrons. The van der Waals surface area contributed by atoms with E-state index in [2.05, 4.69) is 10.3 Å². The first kappa shape index (κ1) is 11.6. The lowest BCUT2D eigenvalue weighted by atomic mass is 10.0. The zero-order valence-corrected chi connectivity index (χ0v) is 9.08. The molecule has 5 nitrogen and oxygen atoms in total. The quantitative estimate of drug-likeness (QED) is 0.802. The van der Waals surface area contributed by atoms with E-state index in [4.69, 9.17) is 5.11 Å². The summed E-state index contributed by atoms with van der Waals surface area (Å²) < 4.78 is 0. The third-order valence-electron chi connectivity index (χ3n) is 1.74. The Morgan fingerprint density at radius 1 is 1.60 bits per heavy atom. The van der Waals surface area contributed by atoms with E-state index >= 15 is 0 Å². The number of carbonyl (C=O) groups excluding carboxylic acids is 1. The van der Waals surface area contributed by atoms with E-state index in [1.165, 1.54) is 11.3 Å². The Bertz CT molecular complexity index is 337. The Morgan fingerprint density at radius 2 is 2.33 bits per heavy atom. The highest BCUT2D eigenvalue weighted by molar-refractivity contribution is 7.13. The lowest BCUT2D eigenvalue weighted by Gasteiger charge is -2.07. The van der Waals surface area contributed by atoms with Crippen molar-refractivity contribution in [3.63, 3.8) is 0 Å². The van der Waals surface area contributed by atoms with Gasteiger partial charge in [-0.1, -0.05) is 6.92 Å². The van der Waals surface area contributed by atoms with Crippen LogP contribution in [-0.4, -0.2) is 22.0 Å². The highest BCUT2D eigenvalue weighted by atomic mass is 32.1. The SMILES string of the molecule is C[C@@H](CC(=O)O)CC(=O)Nc1nccs1. The van der Waals surface area contributed by atoms with Crippen LogP contribution in [0.1, 0.15) is 19.8 Å². The Morgan fingerprint density at radius 3 is 2.87 bits per heavy atom. The molecular formula is C9H12N2O3S. The average Bonchev–Trinajstić information content (AvgIpc) is 2.53. The Labute approximate surface area is 91.1 Å². The summed E-state index contributed by atoms with van der Waals surface area (Å²) in [5, 5.41) is 13.4. The van der Waals surface area contributed by atoms with E-state index < -0.39 is 5.97 Å². The molecule has 1 amide bonds. The number of hydrogen-bond acceptors (Lipinski definition) is 4. The Hall–Kier alpha value is -1.43. The van der Waals surface area contributed by atoms with Crippen LogP contribution in [0.15, 0.2) is 11.6 Å². The molecule has 0 bridgehead atoms. The minimum atomic E-state index is -0.885. The van der Waals surface area contributed by atoms with Crippen molar-refractivity contribution in [2.45, 2.75) is 19.8 Å². The van der Waals surface area contributed by atoms with Crippen molar-refractivity contribution in [2.24, 2.45) is 5.92 Å². The number of carboxylic acid groups (broad SMARTS) is 1. The number of hydrogen-bond donors (Lipinski definition) is 2. The minimum Gasteiger partial charge on any atom is -0.481 e. The van der Waals surface area contributed by atoms with Crippen LogP contribution in [0.2, 0.25) is 0 Å². The molecule has 0 aliphatic heterocycles. The number of nitrogens with zero attached hydrogens (tertiary/aromatic N) is 1. The number of rotatable bonds is 5. The molecule has 6 heteroatoms. The summed E-state index contributed by atoms with van der Waals surface area (Å²) in [6.45, 7) is 1.73. The average molecular weight is 228 g/mol. The molecule has 1 atom stereocenters. The van der Waals surface area contributed by atoms with Gasteiger partial charge in [-0.2, -0.15) is 0 Å². The van der Waals surface area contributed by atoms with Crippen LogP contribution in [0.4, 0.5) is 5.13 Å². The number of aromatic nitrogens is 1. The predicted molar refractivity (Wildman–Crippen MR) is 56.8 cm³/mol. The fourth-order valence-electron chi connectivity index (χ4n) is 1.14. The van der Waals surface area contributed by atoms with Gasteiger partial charge >= 0.3 is 5.97 Å². The highest BCUT2D eigenvalue weighted by Crippen LogP contribution is 2.13. The van der Waals surface area contributed by atoms with Crippen molar-refractivity contribution >= 4 is 28.3 Å². The lowest BCUT2D eigenvalue weighted by molar-refractivity contribution is -0.138. The van der Waals surface area contributed by atoms with Crippen molar-refractivity contribution in [3.05, 3.63) is 11.6 Å². The molecule has 0 aliphatic rings. The number of carboxylic acids is 1. The van der Waals surface area contributed by atoms with Crippen molar-refractivity contribution in [2.75, 3.05) is 5.32 Å². The topological polar surface area (TPSA) is 79.3 Å². The second-order valence-corrected chi connectivity index (χ2v) is 4.19. The summed E-state index contributed by atoms with van der Waals surface area (Å²) >= 11 is 1.33. The van der Waals surface area contributed by atoms with E-state index in [1.54, 1.807) is 18.5 Å². The molecule has 0 saturated heterocycles. The van der Waals surface area contributed by atoms with Gasteiger partial charge < -0.3 is 10.4 Å². The van der Waals surface area contributed by atoms with Crippen LogP contribution in [0.5, 0.6) is 0 Å². The van der Waals surface area contributed by atoms with Crippen molar-refractivity contribution < 1.29 is 14.7 Å². The second kappa shape index (κ2) is 5.45. The first-order valence-corrected chi connectivity index (χ1v) is 5.37. The summed E-state index contributed by atoms with van der Waals surface area (Å²) in [7, 11) is 0. The van der Waals surface area contributed by atoms with Crippen LogP contribution in [0, 0.1) is 5.92 Å². The molecule has 1 aromatic heterocycles. The smallest absolute Gasteiger partial charge is 0.303 e. The van der Waals surface area contributed by atoms with Gasteiger partial charge in [0.15, 0.2) is 5.13 Å². The molecule has 0 radical (unpaired) electrons. The maximum absolute atomic E-state index is 11.4. The van der Waals surface area contributed by atoms with Crippen molar-refractivity contribution in [1.29, 1.82) is 0 Å². The molecule has 15 heavy (non-hydrogen) atoms. The normalized spacial score (nSPS) is 12.1. The number of anilines is 1. The molecule has 0 fully saturated rings. The van der Waals surface area contributed by atoms with Crippen molar-refractivity contribution in [1.82, 2.24) is 4.98 Å². The van der Waals surface area contributed by atoms with Gasteiger partial charge in [0.25, 0.3) is 0 Å². The van der Waals surface area contributed by atoms with Gasteiger partial charge in [-0.15, -0.1) is 11.3 Å². The zero-order chi connectivity index (χ0) is 11.3. The molecule has 0 aliphatic carbocycles. The predicted octanol–water partition coefficient (Wildman–Crippen LogP) is 1.58. The molecule has 1 aromatic rings. The van der Waals surface area contributed by atoms with Gasteiger partial charge in [-0.05, 0) is 5.92 Å². The van der Waals surface area contributed by atoms with E-state index in [0.717, 1.165) is 0 Å². The monoisotopic (exact) mass is 228 g/mol. The number of nitrogens with one attached hydrogen (secondary N) is 1. The molecule has 0 aromatic carbocycles. The molecule has 0 saturated carbocycles. The van der Waals surface area contributed by atoms with Gasteiger partial charge in [0.05, 0.1) is 0 Å². The largest absolute Gasteiger partial charge is 0.481 e. The molecule has 2 N–H and O–H groups in total. The van der Waals surface area contributed by atoms with E-state index in [0.29, 0.717) is 5.13 Å². The van der Waals surface area contributed by atoms with Crippen LogP contribution in [0.25, 0.3) is 0 Å². The summed E-state index contributed by atoms with van der Waals surface area (Å²) in [6, 6.07) is 0. The van der Waals surface area contributed by atoms with Gasteiger partial charge in [-0.25, -0.2) is 4.98 Å². The fraction of sp³-hybridized carbons (Fsp3) is 0.444. The van der Waals surface area contributed by atoms with Crippen LogP contribution in [-0.2, 0) is 9.59 Å². The van der Waals surface area contributed by atoms with Crippen LogP contribution in [0.3, 0.4) is 0 Å². The number of amides is 1. The van der Waals surface area contributed by atoms with Crippen LogP contribution >= 0.6 is 11.3 Å². The molecule has 0 spiro atoms. The van der Waals surface area contributed by atoms with Crippen LogP contribution < -0.4 is 5.32 Å². The number of aliphatic carboxylic acids is 1. The maximum Gasteiger partial charge on any atom is 0.303 e. The Balaban J connectivity index is 2.33. The van der Waals surface area contributed by atoms with Crippen molar-refractivity contribution in [3.8, 4) is 0 Å².